The molecule has 0 amide bonds. The Kier molecular flexibility index (Phi) is 15.5. The van der Waals surface area contributed by atoms with Crippen molar-refractivity contribution in [1.82, 2.24) is 0 Å². The van der Waals surface area contributed by atoms with Gasteiger partial charge >= 0.3 is 52.4 Å². The van der Waals surface area contributed by atoms with Crippen LogP contribution < -0.4 is 10.2 Å². The van der Waals surface area contributed by atoms with Crippen LogP contribution in [0.3, 0.4) is 0 Å². The molecule has 0 N–H and O–H groups in total. The molecule has 0 unspecified atom stereocenters. The van der Waals surface area contributed by atoms with Crippen molar-refractivity contribution >= 4 is 0 Å². The van der Waals surface area contributed by atoms with Crippen LogP contribution in [-0.4, -0.2) is 14.2 Å². The minimum absolute atomic E-state index is 0.750. The van der Waals surface area contributed by atoms with Crippen molar-refractivity contribution in [3.63, 3.8) is 0 Å². The Morgan fingerprint density at radius 2 is 1.80 bits per heavy atom. The summed E-state index contributed by atoms with van der Waals surface area (Å²) >= 11 is 1.25. The molecular formula is C7H11HfO2. The second-order valence-corrected chi connectivity index (χ2v) is 3.63. The van der Waals surface area contributed by atoms with Gasteiger partial charge in [-0.1, -0.05) is 0 Å². The molecule has 0 spiro atoms. The summed E-state index contributed by atoms with van der Waals surface area (Å²) in [5.74, 6) is 0. The van der Waals surface area contributed by atoms with E-state index in [2.05, 4.69) is 18.2 Å². The van der Waals surface area contributed by atoms with E-state index in [1.165, 1.54) is 30.8 Å². The third-order valence-electron chi connectivity index (χ3n) is 0.771. The summed E-state index contributed by atoms with van der Waals surface area (Å²) < 4.78 is 1.61. The molecule has 1 aliphatic rings. The quantitative estimate of drug-likeness (QED) is 0.557. The molecule has 1 rings (SSSR count). The molecule has 0 bridgehead atoms. The molecular weight excluding hydrogens is 295 g/mol. The summed E-state index contributed by atoms with van der Waals surface area (Å²) in [7, 11) is 1.50. The van der Waals surface area contributed by atoms with Gasteiger partial charge in [0.15, 0.2) is 0 Å². The van der Waals surface area contributed by atoms with Gasteiger partial charge in [-0.2, -0.15) is 14.2 Å². The predicted octanol–water partition coefficient (Wildman–Crippen LogP) is -0.670. The van der Waals surface area contributed by atoms with Crippen LogP contribution in [0.25, 0.3) is 0 Å². The van der Waals surface area contributed by atoms with Gasteiger partial charge in [0.05, 0.1) is 0 Å². The fraction of sp³-hybridized carbons (Fsp3) is 0.429. The van der Waals surface area contributed by atoms with Crippen LogP contribution in [0.4, 0.5) is 0 Å². The Morgan fingerprint density at radius 1 is 1.30 bits per heavy atom. The second kappa shape index (κ2) is 12.0. The van der Waals surface area contributed by atoms with E-state index in [0.717, 1.165) is 14.2 Å². The Balaban J connectivity index is 0. The monoisotopic (exact) mass is 307 g/mol. The van der Waals surface area contributed by atoms with Crippen LogP contribution in [0.5, 0.6) is 0 Å². The average Bonchev–Trinajstić information content (AvgIpc) is 2.48. The number of hydrogen-bond acceptors (Lipinski definition) is 2. The van der Waals surface area contributed by atoms with Gasteiger partial charge in [-0.15, -0.1) is 0 Å². The summed E-state index contributed by atoms with van der Waals surface area (Å²) in [6.45, 7) is 0. The zero-order valence-corrected chi connectivity index (χ0v) is 9.85. The fourth-order valence-electron chi connectivity index (χ4n) is 0.447. The molecule has 0 aromatic carbocycles. The molecule has 0 atom stereocenters. The van der Waals surface area contributed by atoms with Crippen molar-refractivity contribution in [3.05, 3.63) is 21.6 Å². The van der Waals surface area contributed by atoms with Gasteiger partial charge in [0.1, 0.15) is 0 Å². The molecule has 0 aromatic heterocycles. The van der Waals surface area contributed by atoms with Crippen LogP contribution in [0.15, 0.2) is 21.6 Å². The fourth-order valence-corrected chi connectivity index (χ4v) is 1.22. The van der Waals surface area contributed by atoms with Gasteiger partial charge < -0.3 is 10.2 Å². The summed E-state index contributed by atoms with van der Waals surface area (Å²) in [5, 5.41) is 16.5. The van der Waals surface area contributed by atoms with Gasteiger partial charge in [0, 0.05) is 0 Å². The molecule has 3 heteroatoms. The Hall–Kier alpha value is 0.270. The number of rotatable bonds is 0. The maximum atomic E-state index is 8.25. The Labute approximate surface area is 76.8 Å². The first-order chi connectivity index (χ1) is 4.89. The molecule has 2 nitrogen and oxygen atoms in total. The molecule has 10 heavy (non-hydrogen) atoms. The molecule has 0 saturated heterocycles. The van der Waals surface area contributed by atoms with Crippen molar-refractivity contribution in [1.29, 1.82) is 0 Å². The molecule has 0 aromatic rings. The van der Waals surface area contributed by atoms with Gasteiger partial charge in [-0.3, -0.25) is 0 Å². The SMILES string of the molecule is C[O-].C[O-].[Hf+2][C]1=CC=CC1. The van der Waals surface area contributed by atoms with Crippen LogP contribution in [0.1, 0.15) is 6.42 Å². The first-order valence-corrected chi connectivity index (χ1v) is 4.58. The van der Waals surface area contributed by atoms with Gasteiger partial charge in [-0.05, 0) is 0 Å². The van der Waals surface area contributed by atoms with Crippen molar-refractivity contribution in [3.8, 4) is 0 Å². The van der Waals surface area contributed by atoms with E-state index in [1.807, 2.05) is 0 Å². The average molecular weight is 306 g/mol. The molecule has 0 heterocycles. The Bertz CT molecular complexity index is 108. The van der Waals surface area contributed by atoms with Gasteiger partial charge in [-0.25, -0.2) is 0 Å². The van der Waals surface area contributed by atoms with E-state index in [9.17, 15) is 0 Å². The first kappa shape index (κ1) is 12.9. The van der Waals surface area contributed by atoms with Crippen LogP contribution in [0, 0.1) is 0 Å². The second-order valence-electron chi connectivity index (χ2n) is 1.32. The van der Waals surface area contributed by atoms with Crippen molar-refractivity contribution in [2.45, 2.75) is 6.42 Å². The van der Waals surface area contributed by atoms with Gasteiger partial charge in [0.2, 0.25) is 0 Å². The molecule has 0 aliphatic heterocycles. The number of hydrogen-bond donors (Lipinski definition) is 0. The normalized spacial score (nSPS) is 12.4. The van der Waals surface area contributed by atoms with Crippen LogP contribution >= 0.6 is 0 Å². The summed E-state index contributed by atoms with van der Waals surface area (Å²) in [6.07, 6.45) is 7.75. The zero-order chi connectivity index (χ0) is 8.41. The summed E-state index contributed by atoms with van der Waals surface area (Å²) in [5.41, 5.74) is 0. The minimum atomic E-state index is 0.750. The van der Waals surface area contributed by atoms with E-state index in [-0.39, 0.29) is 0 Å². The van der Waals surface area contributed by atoms with Crippen molar-refractivity contribution < 1.29 is 34.6 Å². The third kappa shape index (κ3) is 8.27. The Morgan fingerprint density at radius 3 is 1.90 bits per heavy atom. The molecule has 0 saturated carbocycles. The molecule has 0 fully saturated rings. The van der Waals surface area contributed by atoms with Gasteiger partial charge in [0.25, 0.3) is 0 Å². The molecule has 0 radical (unpaired) electrons. The third-order valence-corrected chi connectivity index (χ3v) is 2.10. The van der Waals surface area contributed by atoms with Crippen molar-refractivity contribution in [2.75, 3.05) is 14.2 Å². The van der Waals surface area contributed by atoms with E-state index in [1.54, 1.807) is 3.33 Å². The van der Waals surface area contributed by atoms with Crippen molar-refractivity contribution in [2.24, 2.45) is 0 Å². The maximum absolute atomic E-state index is 8.25. The van der Waals surface area contributed by atoms with E-state index < -0.39 is 0 Å². The van der Waals surface area contributed by atoms with E-state index in [4.69, 9.17) is 10.2 Å². The van der Waals surface area contributed by atoms with Crippen LogP contribution in [-0.2, 0) is 24.4 Å². The standard InChI is InChI=1S/C5H5.2CH3O.Hf/c1-2-4-5-3-1;2*1-2;/h1-3H,4H2;2*1H3;/q;2*-1;+2. The van der Waals surface area contributed by atoms with E-state index in [0.29, 0.717) is 0 Å². The van der Waals surface area contributed by atoms with Crippen LogP contribution in [0.2, 0.25) is 0 Å². The summed E-state index contributed by atoms with van der Waals surface area (Å²) in [4.78, 5) is 0. The zero-order valence-electron chi connectivity index (χ0n) is 6.26. The molecule has 55 valence electrons. The van der Waals surface area contributed by atoms with E-state index >= 15 is 0 Å². The predicted molar refractivity (Wildman–Crippen MR) is 33.7 cm³/mol. The molecule has 1 aliphatic carbocycles. The summed E-state index contributed by atoms with van der Waals surface area (Å²) in [6, 6.07) is 0. The first-order valence-electron chi connectivity index (χ1n) is 2.78. The number of allylic oxidation sites excluding steroid dienone is 4. The topological polar surface area (TPSA) is 46.1 Å².